The minimum Gasteiger partial charge on any atom is -0.383 e. The van der Waals surface area contributed by atoms with Gasteiger partial charge in [0.15, 0.2) is 0 Å². The van der Waals surface area contributed by atoms with Crippen molar-refractivity contribution >= 4 is 5.91 Å². The van der Waals surface area contributed by atoms with Gasteiger partial charge in [-0.25, -0.2) is 0 Å². The van der Waals surface area contributed by atoms with Crippen molar-refractivity contribution in [2.45, 2.75) is 32.7 Å². The number of rotatable bonds is 8. The molecular formula is C12H23N3O2. The Morgan fingerprint density at radius 1 is 1.53 bits per heavy atom. The molecule has 0 fully saturated rings. The summed E-state index contributed by atoms with van der Waals surface area (Å²) in [7, 11) is 1.58. The second-order valence-corrected chi connectivity index (χ2v) is 4.14. The monoisotopic (exact) mass is 241 g/mol. The molecule has 0 rings (SSSR count). The van der Waals surface area contributed by atoms with E-state index in [2.05, 4.69) is 0 Å². The van der Waals surface area contributed by atoms with Gasteiger partial charge in [0.1, 0.15) is 0 Å². The van der Waals surface area contributed by atoms with Crippen LogP contribution in [0.4, 0.5) is 0 Å². The fourth-order valence-corrected chi connectivity index (χ4v) is 1.43. The summed E-state index contributed by atoms with van der Waals surface area (Å²) in [6.45, 7) is 5.34. The Bertz CT molecular complexity index is 263. The summed E-state index contributed by atoms with van der Waals surface area (Å²) >= 11 is 0. The van der Waals surface area contributed by atoms with Crippen LogP contribution in [0.5, 0.6) is 0 Å². The van der Waals surface area contributed by atoms with E-state index in [1.54, 1.807) is 12.0 Å². The summed E-state index contributed by atoms with van der Waals surface area (Å²) in [5.74, 6) is 0.0567. The number of methoxy groups -OCH3 is 1. The van der Waals surface area contributed by atoms with E-state index < -0.39 is 6.04 Å². The van der Waals surface area contributed by atoms with Crippen LogP contribution >= 0.6 is 0 Å². The number of hydrogen-bond donors (Lipinski definition) is 1. The molecule has 17 heavy (non-hydrogen) atoms. The van der Waals surface area contributed by atoms with E-state index in [0.29, 0.717) is 26.1 Å². The van der Waals surface area contributed by atoms with Crippen LogP contribution in [0, 0.1) is 17.2 Å². The van der Waals surface area contributed by atoms with E-state index >= 15 is 0 Å². The predicted octanol–water partition coefficient (Wildman–Crippen LogP) is 0.748. The number of carbonyl (C=O) groups is 1. The maximum atomic E-state index is 12.1. The highest BCUT2D eigenvalue weighted by Crippen LogP contribution is 2.08. The molecule has 0 heterocycles. The Morgan fingerprint density at radius 2 is 2.18 bits per heavy atom. The second-order valence-electron chi connectivity index (χ2n) is 4.14. The first kappa shape index (κ1) is 15.9. The maximum Gasteiger partial charge on any atom is 0.239 e. The van der Waals surface area contributed by atoms with Gasteiger partial charge in [0, 0.05) is 20.2 Å². The van der Waals surface area contributed by atoms with Gasteiger partial charge < -0.3 is 15.4 Å². The SMILES string of the molecule is CC[C@H](C)[C@H](N)C(=O)N(CCC#N)CCOC. The molecule has 5 heteroatoms. The minimum atomic E-state index is -0.490. The highest BCUT2D eigenvalue weighted by molar-refractivity contribution is 5.82. The summed E-state index contributed by atoms with van der Waals surface area (Å²) < 4.78 is 4.95. The normalized spacial score (nSPS) is 13.8. The van der Waals surface area contributed by atoms with Crippen molar-refractivity contribution in [3.05, 3.63) is 0 Å². The zero-order chi connectivity index (χ0) is 13.3. The molecule has 0 aliphatic carbocycles. The number of nitriles is 1. The first-order valence-corrected chi connectivity index (χ1v) is 5.98. The molecule has 0 bridgehead atoms. The van der Waals surface area contributed by atoms with E-state index in [9.17, 15) is 4.79 Å². The Labute approximate surface area is 104 Å². The Morgan fingerprint density at radius 3 is 2.65 bits per heavy atom. The number of carbonyl (C=O) groups excluding carboxylic acids is 1. The van der Waals surface area contributed by atoms with E-state index in [-0.39, 0.29) is 11.8 Å². The maximum absolute atomic E-state index is 12.1. The van der Waals surface area contributed by atoms with Crippen LogP contribution in [0.1, 0.15) is 26.7 Å². The molecule has 0 aromatic rings. The zero-order valence-electron chi connectivity index (χ0n) is 11.0. The van der Waals surface area contributed by atoms with Gasteiger partial charge in [0.05, 0.1) is 25.1 Å². The van der Waals surface area contributed by atoms with Gasteiger partial charge >= 0.3 is 0 Å². The third kappa shape index (κ3) is 5.66. The summed E-state index contributed by atoms with van der Waals surface area (Å²) in [4.78, 5) is 13.7. The molecular weight excluding hydrogens is 218 g/mol. The zero-order valence-corrected chi connectivity index (χ0v) is 11.0. The smallest absolute Gasteiger partial charge is 0.239 e. The summed E-state index contributed by atoms with van der Waals surface area (Å²) in [6, 6.07) is 1.55. The number of ether oxygens (including phenoxy) is 1. The molecule has 5 nitrogen and oxygen atoms in total. The largest absolute Gasteiger partial charge is 0.383 e. The summed E-state index contributed by atoms with van der Waals surface area (Å²) in [6.07, 6.45) is 1.19. The molecule has 0 spiro atoms. The average molecular weight is 241 g/mol. The van der Waals surface area contributed by atoms with Gasteiger partial charge in [-0.2, -0.15) is 5.26 Å². The third-order valence-electron chi connectivity index (χ3n) is 2.91. The number of amides is 1. The second kappa shape index (κ2) is 8.97. The van der Waals surface area contributed by atoms with Crippen molar-refractivity contribution in [3.63, 3.8) is 0 Å². The van der Waals surface area contributed by atoms with Crippen LogP contribution < -0.4 is 5.73 Å². The van der Waals surface area contributed by atoms with Crippen molar-refractivity contribution in [3.8, 4) is 6.07 Å². The van der Waals surface area contributed by atoms with Crippen molar-refractivity contribution < 1.29 is 9.53 Å². The lowest BCUT2D eigenvalue weighted by Crippen LogP contribution is -2.48. The van der Waals surface area contributed by atoms with Crippen molar-refractivity contribution in [1.82, 2.24) is 4.90 Å². The van der Waals surface area contributed by atoms with Crippen LogP contribution in [-0.2, 0) is 9.53 Å². The van der Waals surface area contributed by atoms with Crippen LogP contribution in [0.3, 0.4) is 0 Å². The van der Waals surface area contributed by atoms with Gasteiger partial charge in [-0.1, -0.05) is 20.3 Å². The van der Waals surface area contributed by atoms with E-state index in [4.69, 9.17) is 15.7 Å². The third-order valence-corrected chi connectivity index (χ3v) is 2.91. The standard InChI is InChI=1S/C12H23N3O2/c1-4-10(2)11(14)12(16)15(7-5-6-13)8-9-17-3/h10-11H,4-5,7-9,14H2,1-3H3/t10-,11-/m0/s1. The van der Waals surface area contributed by atoms with E-state index in [1.807, 2.05) is 19.9 Å². The fourth-order valence-electron chi connectivity index (χ4n) is 1.43. The lowest BCUT2D eigenvalue weighted by atomic mass is 9.99. The van der Waals surface area contributed by atoms with Crippen molar-refractivity contribution in [1.29, 1.82) is 5.26 Å². The fraction of sp³-hybridized carbons (Fsp3) is 0.833. The van der Waals surface area contributed by atoms with Gasteiger partial charge in [-0.15, -0.1) is 0 Å². The highest BCUT2D eigenvalue weighted by Gasteiger charge is 2.24. The quantitative estimate of drug-likeness (QED) is 0.680. The first-order valence-electron chi connectivity index (χ1n) is 5.98. The van der Waals surface area contributed by atoms with Gasteiger partial charge in [-0.3, -0.25) is 4.79 Å². The Hall–Kier alpha value is -1.12. The Balaban J connectivity index is 4.44. The van der Waals surface area contributed by atoms with Crippen LogP contribution in [0.15, 0.2) is 0 Å². The van der Waals surface area contributed by atoms with Gasteiger partial charge in [0.25, 0.3) is 0 Å². The average Bonchev–Trinajstić information content (AvgIpc) is 2.36. The molecule has 1 amide bonds. The number of hydrogen-bond acceptors (Lipinski definition) is 4. The van der Waals surface area contributed by atoms with Crippen molar-refractivity contribution in [2.24, 2.45) is 11.7 Å². The molecule has 0 aliphatic heterocycles. The molecule has 0 unspecified atom stereocenters. The minimum absolute atomic E-state index is 0.0911. The number of nitrogens with two attached hydrogens (primary N) is 1. The number of nitrogens with zero attached hydrogens (tertiary/aromatic N) is 2. The molecule has 0 aromatic heterocycles. The molecule has 98 valence electrons. The lowest BCUT2D eigenvalue weighted by Gasteiger charge is -2.27. The van der Waals surface area contributed by atoms with Crippen LogP contribution in [0.25, 0.3) is 0 Å². The summed E-state index contributed by atoms with van der Waals surface area (Å²) in [5, 5.41) is 8.57. The molecule has 0 saturated carbocycles. The molecule has 0 aromatic carbocycles. The van der Waals surface area contributed by atoms with Crippen LogP contribution in [0.2, 0.25) is 0 Å². The summed E-state index contributed by atoms with van der Waals surface area (Å²) in [5.41, 5.74) is 5.90. The first-order chi connectivity index (χ1) is 8.08. The molecule has 2 atom stereocenters. The molecule has 0 aliphatic rings. The molecule has 0 radical (unpaired) electrons. The topological polar surface area (TPSA) is 79.4 Å². The van der Waals surface area contributed by atoms with Crippen molar-refractivity contribution in [2.75, 3.05) is 26.8 Å². The van der Waals surface area contributed by atoms with E-state index in [1.165, 1.54) is 0 Å². The van der Waals surface area contributed by atoms with Gasteiger partial charge in [-0.05, 0) is 5.92 Å². The molecule has 0 saturated heterocycles. The predicted molar refractivity (Wildman–Crippen MR) is 66.1 cm³/mol. The highest BCUT2D eigenvalue weighted by atomic mass is 16.5. The Kier molecular flexibility index (Phi) is 8.38. The van der Waals surface area contributed by atoms with E-state index in [0.717, 1.165) is 6.42 Å². The lowest BCUT2D eigenvalue weighted by molar-refractivity contribution is -0.134. The van der Waals surface area contributed by atoms with Gasteiger partial charge in [0.2, 0.25) is 5.91 Å². The van der Waals surface area contributed by atoms with Crippen LogP contribution in [-0.4, -0.2) is 43.7 Å². The molecule has 2 N–H and O–H groups in total.